The number of nitrogens with zero attached hydrogens (tertiary/aromatic N) is 1. The molecule has 0 aliphatic carbocycles. The monoisotopic (exact) mass is 292 g/mol. The van der Waals surface area contributed by atoms with Crippen LogP contribution in [0, 0.1) is 6.92 Å². The Morgan fingerprint density at radius 2 is 2.09 bits per heavy atom. The Morgan fingerprint density at radius 1 is 1.18 bits per heavy atom. The standard InChI is InChI=1S/C18H16N2O2/c1-13-4-2-5-15(10-13)18(21)20-12-14-7-8-16(19-11-14)17-6-3-9-22-17/h2-11H,12H2,1H3,(H,20,21). The molecule has 1 amide bonds. The molecule has 1 N–H and O–H groups in total. The van der Waals surface area contributed by atoms with Crippen molar-refractivity contribution < 1.29 is 9.21 Å². The van der Waals surface area contributed by atoms with E-state index in [0.717, 1.165) is 22.6 Å². The van der Waals surface area contributed by atoms with Gasteiger partial charge >= 0.3 is 0 Å². The minimum absolute atomic E-state index is 0.0844. The first-order chi connectivity index (χ1) is 10.7. The molecule has 0 bridgehead atoms. The predicted octanol–water partition coefficient (Wildman–Crippen LogP) is 3.58. The quantitative estimate of drug-likeness (QED) is 0.799. The maximum atomic E-state index is 12.1. The van der Waals surface area contributed by atoms with Crippen LogP contribution in [-0.4, -0.2) is 10.9 Å². The van der Waals surface area contributed by atoms with Gasteiger partial charge in [-0.1, -0.05) is 23.8 Å². The van der Waals surface area contributed by atoms with E-state index in [2.05, 4.69) is 10.3 Å². The Hall–Kier alpha value is -2.88. The number of aromatic nitrogens is 1. The van der Waals surface area contributed by atoms with Crippen LogP contribution in [0.3, 0.4) is 0 Å². The van der Waals surface area contributed by atoms with Crippen LogP contribution in [0.2, 0.25) is 0 Å². The first-order valence-corrected chi connectivity index (χ1v) is 7.06. The third-order valence-corrected chi connectivity index (χ3v) is 3.33. The molecule has 3 aromatic rings. The van der Waals surface area contributed by atoms with Crippen molar-refractivity contribution in [1.82, 2.24) is 10.3 Å². The highest BCUT2D eigenvalue weighted by atomic mass is 16.3. The molecule has 4 nitrogen and oxygen atoms in total. The molecule has 22 heavy (non-hydrogen) atoms. The van der Waals surface area contributed by atoms with Gasteiger partial charge in [-0.15, -0.1) is 0 Å². The molecule has 4 heteroatoms. The summed E-state index contributed by atoms with van der Waals surface area (Å²) in [5, 5.41) is 2.89. The summed E-state index contributed by atoms with van der Waals surface area (Å²) in [4.78, 5) is 16.4. The molecule has 2 aromatic heterocycles. The summed E-state index contributed by atoms with van der Waals surface area (Å²) in [7, 11) is 0. The number of amides is 1. The third-order valence-electron chi connectivity index (χ3n) is 3.33. The zero-order chi connectivity index (χ0) is 15.4. The summed E-state index contributed by atoms with van der Waals surface area (Å²) in [6.07, 6.45) is 3.36. The number of carbonyl (C=O) groups excluding carboxylic acids is 1. The van der Waals surface area contributed by atoms with Crippen molar-refractivity contribution in [1.29, 1.82) is 0 Å². The summed E-state index contributed by atoms with van der Waals surface area (Å²) in [5.74, 6) is 0.647. The summed E-state index contributed by atoms with van der Waals surface area (Å²) < 4.78 is 5.29. The van der Waals surface area contributed by atoms with Gasteiger partial charge in [0.25, 0.3) is 5.91 Å². The van der Waals surface area contributed by atoms with E-state index in [9.17, 15) is 4.79 Å². The number of hydrogen-bond acceptors (Lipinski definition) is 3. The topological polar surface area (TPSA) is 55.1 Å². The number of nitrogens with one attached hydrogen (secondary N) is 1. The van der Waals surface area contributed by atoms with Gasteiger partial charge in [-0.2, -0.15) is 0 Å². The van der Waals surface area contributed by atoms with Crippen molar-refractivity contribution in [3.8, 4) is 11.5 Å². The zero-order valence-electron chi connectivity index (χ0n) is 12.2. The van der Waals surface area contributed by atoms with Gasteiger partial charge in [0.15, 0.2) is 5.76 Å². The first-order valence-electron chi connectivity index (χ1n) is 7.06. The zero-order valence-corrected chi connectivity index (χ0v) is 12.2. The summed E-state index contributed by atoms with van der Waals surface area (Å²) in [5.41, 5.74) is 3.45. The lowest BCUT2D eigenvalue weighted by Gasteiger charge is -2.06. The molecule has 3 rings (SSSR count). The highest BCUT2D eigenvalue weighted by Crippen LogP contribution is 2.17. The number of pyridine rings is 1. The molecule has 0 fully saturated rings. The Morgan fingerprint density at radius 3 is 2.77 bits per heavy atom. The number of furan rings is 1. The minimum atomic E-state index is -0.0844. The highest BCUT2D eigenvalue weighted by molar-refractivity contribution is 5.94. The van der Waals surface area contributed by atoms with Crippen LogP contribution in [0.1, 0.15) is 21.5 Å². The lowest BCUT2D eigenvalue weighted by Crippen LogP contribution is -2.22. The van der Waals surface area contributed by atoms with Gasteiger partial charge in [-0.3, -0.25) is 9.78 Å². The van der Waals surface area contributed by atoms with Crippen LogP contribution >= 0.6 is 0 Å². The smallest absolute Gasteiger partial charge is 0.251 e. The average Bonchev–Trinajstić information content (AvgIpc) is 3.07. The molecule has 110 valence electrons. The number of rotatable bonds is 4. The molecular weight excluding hydrogens is 276 g/mol. The highest BCUT2D eigenvalue weighted by Gasteiger charge is 2.06. The minimum Gasteiger partial charge on any atom is -0.463 e. The van der Waals surface area contributed by atoms with Gasteiger partial charge < -0.3 is 9.73 Å². The average molecular weight is 292 g/mol. The second-order valence-corrected chi connectivity index (χ2v) is 5.08. The first kappa shape index (κ1) is 14.1. The number of benzene rings is 1. The van der Waals surface area contributed by atoms with Gasteiger partial charge in [0.05, 0.1) is 6.26 Å². The molecule has 0 aliphatic heterocycles. The van der Waals surface area contributed by atoms with Gasteiger partial charge in [-0.05, 0) is 42.8 Å². The van der Waals surface area contributed by atoms with E-state index >= 15 is 0 Å². The van der Waals surface area contributed by atoms with Gasteiger partial charge in [-0.25, -0.2) is 0 Å². The molecule has 0 atom stereocenters. The van der Waals surface area contributed by atoms with Crippen molar-refractivity contribution in [3.05, 3.63) is 77.7 Å². The maximum Gasteiger partial charge on any atom is 0.251 e. The normalized spacial score (nSPS) is 10.4. The SMILES string of the molecule is Cc1cccc(C(=O)NCc2ccc(-c3ccco3)nc2)c1. The second kappa shape index (κ2) is 6.26. The number of carbonyl (C=O) groups is 1. The van der Waals surface area contributed by atoms with Crippen molar-refractivity contribution in [3.63, 3.8) is 0 Å². The second-order valence-electron chi connectivity index (χ2n) is 5.08. The van der Waals surface area contributed by atoms with Crippen molar-refractivity contribution >= 4 is 5.91 Å². The summed E-state index contributed by atoms with van der Waals surface area (Å²) in [6.45, 7) is 2.41. The third kappa shape index (κ3) is 3.23. The van der Waals surface area contributed by atoms with E-state index in [1.165, 1.54) is 0 Å². The molecule has 0 radical (unpaired) electrons. The lowest BCUT2D eigenvalue weighted by molar-refractivity contribution is 0.0951. The molecule has 2 heterocycles. The van der Waals surface area contributed by atoms with E-state index in [0.29, 0.717) is 12.1 Å². The van der Waals surface area contributed by atoms with Crippen molar-refractivity contribution in [2.75, 3.05) is 0 Å². The fraction of sp³-hybridized carbons (Fsp3) is 0.111. The molecule has 0 saturated carbocycles. The maximum absolute atomic E-state index is 12.1. The number of hydrogen-bond donors (Lipinski definition) is 1. The van der Waals surface area contributed by atoms with E-state index in [1.54, 1.807) is 18.5 Å². The van der Waals surface area contributed by atoms with Crippen LogP contribution < -0.4 is 5.32 Å². The molecule has 1 aromatic carbocycles. The van der Waals surface area contributed by atoms with Crippen LogP contribution in [0.4, 0.5) is 0 Å². The molecule has 0 unspecified atom stereocenters. The van der Waals surface area contributed by atoms with Crippen molar-refractivity contribution in [2.24, 2.45) is 0 Å². The van der Waals surface area contributed by atoms with Gasteiger partial charge in [0.2, 0.25) is 0 Å². The molecule has 0 aliphatic rings. The van der Waals surface area contributed by atoms with E-state index in [-0.39, 0.29) is 5.91 Å². The van der Waals surface area contributed by atoms with Gasteiger partial charge in [0.1, 0.15) is 5.69 Å². The summed E-state index contributed by atoms with van der Waals surface area (Å²) >= 11 is 0. The van der Waals surface area contributed by atoms with Gasteiger partial charge in [0, 0.05) is 18.3 Å². The largest absolute Gasteiger partial charge is 0.463 e. The van der Waals surface area contributed by atoms with E-state index in [1.807, 2.05) is 49.4 Å². The summed E-state index contributed by atoms with van der Waals surface area (Å²) in [6, 6.07) is 15.0. The van der Waals surface area contributed by atoms with Crippen LogP contribution in [0.15, 0.2) is 65.4 Å². The Bertz CT molecular complexity index is 762. The lowest BCUT2D eigenvalue weighted by atomic mass is 10.1. The Balaban J connectivity index is 1.63. The predicted molar refractivity (Wildman–Crippen MR) is 84.3 cm³/mol. The van der Waals surface area contributed by atoms with Crippen LogP contribution in [-0.2, 0) is 6.54 Å². The Labute approximate surface area is 128 Å². The Kier molecular flexibility index (Phi) is 4.01. The molecular formula is C18H16N2O2. The van der Waals surface area contributed by atoms with E-state index in [4.69, 9.17) is 4.42 Å². The van der Waals surface area contributed by atoms with Crippen molar-refractivity contribution in [2.45, 2.75) is 13.5 Å². The molecule has 0 saturated heterocycles. The van der Waals surface area contributed by atoms with E-state index < -0.39 is 0 Å². The number of aryl methyl sites for hydroxylation is 1. The fourth-order valence-electron chi connectivity index (χ4n) is 2.17. The van der Waals surface area contributed by atoms with Crippen LogP contribution in [0.25, 0.3) is 11.5 Å². The fourth-order valence-corrected chi connectivity index (χ4v) is 2.17. The molecule has 0 spiro atoms. The van der Waals surface area contributed by atoms with Crippen LogP contribution in [0.5, 0.6) is 0 Å².